The van der Waals surface area contributed by atoms with E-state index in [0.717, 1.165) is 24.3 Å². The molecule has 166 valence electrons. The molecule has 2 N–H and O–H groups in total. The quantitative estimate of drug-likeness (QED) is 0.278. The fourth-order valence-corrected chi connectivity index (χ4v) is 5.22. The molecule has 2 fully saturated rings. The second-order valence-electron chi connectivity index (χ2n) is 8.22. The number of guanidine groups is 1. The average molecular weight is 445 g/mol. The second-order valence-corrected chi connectivity index (χ2v) is 8.63. The van der Waals surface area contributed by atoms with Gasteiger partial charge in [0.05, 0.1) is 18.9 Å². The van der Waals surface area contributed by atoms with Gasteiger partial charge >= 0.3 is 0 Å². The first-order valence-corrected chi connectivity index (χ1v) is 11.3. The maximum Gasteiger partial charge on any atom is 0.233 e. The van der Waals surface area contributed by atoms with Crippen LogP contribution >= 0.6 is 11.6 Å². The van der Waals surface area contributed by atoms with Crippen LogP contribution in [0.5, 0.6) is 5.75 Å². The van der Waals surface area contributed by atoms with Gasteiger partial charge in [0.1, 0.15) is 5.75 Å². The molecule has 4 atom stereocenters. The lowest BCUT2D eigenvalue weighted by Gasteiger charge is -2.18. The van der Waals surface area contributed by atoms with E-state index in [-0.39, 0.29) is 35.5 Å². The Morgan fingerprint density at radius 2 is 1.90 bits per heavy atom. The summed E-state index contributed by atoms with van der Waals surface area (Å²) < 4.78 is 5.18. The number of carbonyl (C=O) groups is 2. The number of aliphatic imine (C=N–C) groups is 1. The van der Waals surface area contributed by atoms with Gasteiger partial charge in [0.25, 0.3) is 0 Å². The molecule has 2 amide bonds. The zero-order valence-corrected chi connectivity index (χ0v) is 18.7. The molecule has 2 aliphatic carbocycles. The van der Waals surface area contributed by atoms with E-state index in [4.69, 9.17) is 16.3 Å². The summed E-state index contributed by atoms with van der Waals surface area (Å²) in [5.74, 6) is 1.58. The number of benzene rings is 1. The van der Waals surface area contributed by atoms with E-state index in [2.05, 4.69) is 27.8 Å². The SMILES string of the molecule is CCNC(=NCCc1ccc(OC)cc1Cl)NCCN1C(=O)C2C3C=CC(C3)C2C1=O. The summed E-state index contributed by atoms with van der Waals surface area (Å²) in [7, 11) is 1.61. The number of imide groups is 1. The molecule has 3 aliphatic rings. The van der Waals surface area contributed by atoms with Crippen molar-refractivity contribution in [3.63, 3.8) is 0 Å². The molecule has 4 rings (SSSR count). The van der Waals surface area contributed by atoms with Crippen molar-refractivity contribution in [1.29, 1.82) is 0 Å². The van der Waals surface area contributed by atoms with Crippen molar-refractivity contribution in [2.24, 2.45) is 28.7 Å². The number of nitrogens with one attached hydrogen (secondary N) is 2. The molecule has 1 aliphatic heterocycles. The first-order valence-electron chi connectivity index (χ1n) is 10.9. The number of hydrogen-bond donors (Lipinski definition) is 2. The highest BCUT2D eigenvalue weighted by Crippen LogP contribution is 2.52. The number of carbonyl (C=O) groups excluding carboxylic acids is 2. The third-order valence-corrected chi connectivity index (χ3v) is 6.80. The summed E-state index contributed by atoms with van der Waals surface area (Å²) >= 11 is 6.30. The van der Waals surface area contributed by atoms with Gasteiger partial charge in [0, 0.05) is 31.2 Å². The zero-order chi connectivity index (χ0) is 22.0. The van der Waals surface area contributed by atoms with E-state index in [1.165, 1.54) is 4.90 Å². The largest absolute Gasteiger partial charge is 0.497 e. The first kappa shape index (κ1) is 21.7. The molecule has 1 aromatic carbocycles. The molecule has 0 aromatic heterocycles. The van der Waals surface area contributed by atoms with Crippen LogP contribution in [-0.2, 0) is 16.0 Å². The fourth-order valence-electron chi connectivity index (χ4n) is 4.96. The van der Waals surface area contributed by atoms with Crippen LogP contribution in [0.3, 0.4) is 0 Å². The molecule has 0 radical (unpaired) electrons. The van der Waals surface area contributed by atoms with Crippen LogP contribution in [0.1, 0.15) is 18.9 Å². The lowest BCUT2D eigenvalue weighted by Crippen LogP contribution is -2.43. The Kier molecular flexibility index (Phi) is 6.51. The highest BCUT2D eigenvalue weighted by Gasteiger charge is 2.58. The smallest absolute Gasteiger partial charge is 0.233 e. The summed E-state index contributed by atoms with van der Waals surface area (Å²) in [5, 5.41) is 7.10. The monoisotopic (exact) mass is 444 g/mol. The van der Waals surface area contributed by atoms with Gasteiger partial charge < -0.3 is 15.4 Å². The van der Waals surface area contributed by atoms with E-state index in [1.54, 1.807) is 13.2 Å². The minimum atomic E-state index is -0.140. The van der Waals surface area contributed by atoms with Crippen LogP contribution in [0, 0.1) is 23.7 Å². The second kappa shape index (κ2) is 9.30. The summed E-state index contributed by atoms with van der Waals surface area (Å²) in [6, 6.07) is 5.63. The van der Waals surface area contributed by atoms with Gasteiger partial charge in [-0.15, -0.1) is 0 Å². The van der Waals surface area contributed by atoms with Gasteiger partial charge in [-0.1, -0.05) is 29.8 Å². The Morgan fingerprint density at radius 3 is 2.52 bits per heavy atom. The number of hydrogen-bond acceptors (Lipinski definition) is 4. The van der Waals surface area contributed by atoms with Crippen LogP contribution in [0.25, 0.3) is 0 Å². The minimum absolute atomic E-state index is 0.00950. The first-order chi connectivity index (χ1) is 15.0. The maximum absolute atomic E-state index is 12.8. The van der Waals surface area contributed by atoms with Gasteiger partial charge in [-0.2, -0.15) is 0 Å². The molecule has 7 nitrogen and oxygen atoms in total. The molecule has 0 spiro atoms. The van der Waals surface area contributed by atoms with Crippen LogP contribution < -0.4 is 15.4 Å². The Hall–Kier alpha value is -2.54. The molecular formula is C23H29ClN4O3. The summed E-state index contributed by atoms with van der Waals surface area (Å²) in [4.78, 5) is 31.6. The predicted octanol–water partition coefficient (Wildman–Crippen LogP) is 2.25. The number of nitrogens with zero attached hydrogens (tertiary/aromatic N) is 2. The Labute approximate surface area is 187 Å². The summed E-state index contributed by atoms with van der Waals surface area (Å²) in [6.45, 7) is 4.10. The Bertz CT molecular complexity index is 886. The molecule has 8 heteroatoms. The van der Waals surface area contributed by atoms with Crippen molar-refractivity contribution in [2.75, 3.05) is 33.3 Å². The number of rotatable bonds is 8. The molecular weight excluding hydrogens is 416 g/mol. The number of likely N-dealkylation sites (tertiary alicyclic amines) is 1. The molecule has 1 saturated heterocycles. The zero-order valence-electron chi connectivity index (χ0n) is 17.9. The summed E-state index contributed by atoms with van der Waals surface area (Å²) in [5.41, 5.74) is 1.00. The van der Waals surface area contributed by atoms with Crippen molar-refractivity contribution in [3.05, 3.63) is 40.9 Å². The van der Waals surface area contributed by atoms with Gasteiger partial charge in [-0.3, -0.25) is 19.5 Å². The van der Waals surface area contributed by atoms with E-state index in [0.29, 0.717) is 37.0 Å². The number of allylic oxidation sites excluding steroid dienone is 2. The van der Waals surface area contributed by atoms with Gasteiger partial charge in [0.2, 0.25) is 11.8 Å². The number of ether oxygens (including phenoxy) is 1. The minimum Gasteiger partial charge on any atom is -0.497 e. The van der Waals surface area contributed by atoms with E-state index in [9.17, 15) is 9.59 Å². The number of halogens is 1. The highest BCUT2D eigenvalue weighted by atomic mass is 35.5. The Balaban J connectivity index is 1.29. The molecule has 1 saturated carbocycles. The number of fused-ring (bicyclic) bond motifs is 5. The van der Waals surface area contributed by atoms with E-state index in [1.807, 2.05) is 19.1 Å². The topological polar surface area (TPSA) is 83.0 Å². The van der Waals surface area contributed by atoms with Crippen molar-refractivity contribution < 1.29 is 14.3 Å². The maximum atomic E-state index is 12.8. The van der Waals surface area contributed by atoms with E-state index < -0.39 is 0 Å². The normalized spacial score (nSPS) is 26.5. The van der Waals surface area contributed by atoms with Crippen molar-refractivity contribution in [2.45, 2.75) is 19.8 Å². The number of amides is 2. The predicted molar refractivity (Wildman–Crippen MR) is 120 cm³/mol. The van der Waals surface area contributed by atoms with Crippen LogP contribution in [0.2, 0.25) is 5.02 Å². The van der Waals surface area contributed by atoms with Gasteiger partial charge in [0.15, 0.2) is 5.96 Å². The van der Waals surface area contributed by atoms with Crippen molar-refractivity contribution in [3.8, 4) is 5.75 Å². The van der Waals surface area contributed by atoms with E-state index >= 15 is 0 Å². The van der Waals surface area contributed by atoms with Crippen LogP contribution in [0.15, 0.2) is 35.3 Å². The fraction of sp³-hybridized carbons (Fsp3) is 0.522. The molecule has 2 bridgehead atoms. The van der Waals surface area contributed by atoms with Gasteiger partial charge in [-0.25, -0.2) is 0 Å². The standard InChI is InChI=1S/C23H29ClN4O3/c1-3-25-23(26-9-8-14-6-7-17(31-2)13-18(14)24)27-10-11-28-21(29)19-15-4-5-16(12-15)20(19)22(28)30/h4-7,13,15-16,19-20H,3,8-12H2,1-2H3,(H2,25,26,27). The molecule has 1 aromatic rings. The average Bonchev–Trinajstić information content (AvgIpc) is 3.44. The highest BCUT2D eigenvalue weighted by molar-refractivity contribution is 6.31. The molecule has 31 heavy (non-hydrogen) atoms. The van der Waals surface area contributed by atoms with Crippen LogP contribution in [0.4, 0.5) is 0 Å². The number of methoxy groups -OCH3 is 1. The lowest BCUT2D eigenvalue weighted by molar-refractivity contribution is -0.140. The molecule has 1 heterocycles. The Morgan fingerprint density at radius 1 is 1.19 bits per heavy atom. The third-order valence-electron chi connectivity index (χ3n) is 6.45. The van der Waals surface area contributed by atoms with Crippen LogP contribution in [-0.4, -0.2) is 56.0 Å². The van der Waals surface area contributed by atoms with Crippen molar-refractivity contribution in [1.82, 2.24) is 15.5 Å². The van der Waals surface area contributed by atoms with Gasteiger partial charge in [-0.05, 0) is 49.3 Å². The third kappa shape index (κ3) is 4.28. The lowest BCUT2D eigenvalue weighted by atomic mass is 9.85. The molecule has 4 unspecified atom stereocenters. The summed E-state index contributed by atoms with van der Waals surface area (Å²) in [6.07, 6.45) is 5.88. The van der Waals surface area contributed by atoms with Crippen molar-refractivity contribution >= 4 is 29.4 Å².